The van der Waals surface area contributed by atoms with Crippen LogP contribution in [-0.4, -0.2) is 36.3 Å². The maximum absolute atomic E-state index is 5.86. The Morgan fingerprint density at radius 3 is 2.56 bits per heavy atom. The van der Waals surface area contributed by atoms with Crippen molar-refractivity contribution in [3.63, 3.8) is 0 Å². The van der Waals surface area contributed by atoms with Crippen molar-refractivity contribution in [2.75, 3.05) is 24.9 Å². The van der Waals surface area contributed by atoms with Crippen LogP contribution < -0.4 is 10.4 Å². The van der Waals surface area contributed by atoms with Crippen molar-refractivity contribution in [3.8, 4) is 0 Å². The number of benzene rings is 2. The van der Waals surface area contributed by atoms with Gasteiger partial charge in [0.2, 0.25) is 0 Å². The molecule has 4 heteroatoms. The van der Waals surface area contributed by atoms with E-state index in [0.717, 1.165) is 19.7 Å². The molecule has 0 aromatic heterocycles. The number of aryl methyl sites for hydroxylation is 3. The number of hydrogen-bond acceptors (Lipinski definition) is 3. The standard InChI is InChI=1S/C21H25N3O/c1-15-9-16(2)21(17(3)10-15)24-14-23-19(12-25-13-20(23)22-24)11-18-7-5-4-6-8-18/h4-10,19H,11-14H2,1-3H3/p+1/t19-/m0/s1. The molecule has 0 saturated heterocycles. The molecule has 0 aliphatic carbocycles. The van der Waals surface area contributed by atoms with Gasteiger partial charge in [0.1, 0.15) is 12.6 Å². The summed E-state index contributed by atoms with van der Waals surface area (Å²) in [4.78, 5) is 0. The topological polar surface area (TPSA) is 27.5 Å². The normalized spacial score (nSPS) is 19.8. The third-order valence-electron chi connectivity index (χ3n) is 5.11. The lowest BCUT2D eigenvalue weighted by molar-refractivity contribution is -0.569. The fourth-order valence-electron chi connectivity index (χ4n) is 4.11. The number of ether oxygens (including phenoxy) is 1. The lowest BCUT2D eigenvalue weighted by Gasteiger charge is -2.22. The van der Waals surface area contributed by atoms with Crippen LogP contribution in [0.5, 0.6) is 0 Å². The highest BCUT2D eigenvalue weighted by atomic mass is 16.5. The monoisotopic (exact) mass is 336 g/mol. The minimum Gasteiger partial charge on any atom is -0.364 e. The van der Waals surface area contributed by atoms with Crippen molar-refractivity contribution < 1.29 is 9.31 Å². The molecule has 0 amide bonds. The van der Waals surface area contributed by atoms with Gasteiger partial charge in [0.25, 0.3) is 5.84 Å². The highest BCUT2D eigenvalue weighted by molar-refractivity contribution is 5.82. The summed E-state index contributed by atoms with van der Waals surface area (Å²) in [6.45, 7) is 8.84. The van der Waals surface area contributed by atoms with Crippen molar-refractivity contribution in [1.82, 2.24) is 5.43 Å². The van der Waals surface area contributed by atoms with E-state index in [4.69, 9.17) is 4.74 Å². The Bertz CT molecular complexity index is 790. The quantitative estimate of drug-likeness (QED) is 0.874. The molecule has 1 atom stereocenters. The molecule has 0 bridgehead atoms. The fraction of sp³-hybridized carbons (Fsp3) is 0.381. The average Bonchev–Trinajstić information content (AvgIpc) is 2.99. The minimum absolute atomic E-state index is 0.370. The summed E-state index contributed by atoms with van der Waals surface area (Å²) in [6, 6.07) is 15.6. The van der Waals surface area contributed by atoms with Crippen LogP contribution in [0.4, 0.5) is 5.69 Å². The van der Waals surface area contributed by atoms with Crippen LogP contribution in [0.15, 0.2) is 42.5 Å². The van der Waals surface area contributed by atoms with Gasteiger partial charge in [0.05, 0.1) is 12.3 Å². The van der Waals surface area contributed by atoms with E-state index < -0.39 is 0 Å². The molecule has 1 N–H and O–H groups in total. The average molecular weight is 336 g/mol. The third-order valence-corrected chi connectivity index (χ3v) is 5.11. The van der Waals surface area contributed by atoms with Crippen LogP contribution in [0.3, 0.4) is 0 Å². The highest BCUT2D eigenvalue weighted by Gasteiger charge is 2.37. The highest BCUT2D eigenvalue weighted by Crippen LogP contribution is 2.27. The number of rotatable bonds is 3. The number of nitrogens with one attached hydrogen (secondary N) is 1. The number of hydrazine groups is 1. The van der Waals surface area contributed by atoms with Crippen LogP contribution in [0.2, 0.25) is 0 Å². The number of amidine groups is 1. The molecule has 2 aromatic rings. The summed E-state index contributed by atoms with van der Waals surface area (Å²) >= 11 is 0. The Labute approximate surface area is 149 Å². The molecule has 25 heavy (non-hydrogen) atoms. The lowest BCUT2D eigenvalue weighted by atomic mass is 10.0. The van der Waals surface area contributed by atoms with Crippen LogP contribution in [-0.2, 0) is 11.2 Å². The molecule has 0 fully saturated rings. The summed E-state index contributed by atoms with van der Waals surface area (Å²) in [6.07, 6.45) is 1.01. The van der Waals surface area contributed by atoms with Crippen molar-refractivity contribution in [3.05, 3.63) is 64.7 Å². The van der Waals surface area contributed by atoms with E-state index in [0.29, 0.717) is 12.6 Å². The smallest absolute Gasteiger partial charge is 0.296 e. The van der Waals surface area contributed by atoms with E-state index in [1.165, 1.54) is 33.8 Å². The van der Waals surface area contributed by atoms with E-state index in [-0.39, 0.29) is 0 Å². The summed E-state index contributed by atoms with van der Waals surface area (Å²) in [5, 5.41) is 2.27. The van der Waals surface area contributed by atoms with Gasteiger partial charge < -0.3 is 4.74 Å². The Hall–Kier alpha value is -2.33. The Kier molecular flexibility index (Phi) is 4.22. The molecule has 130 valence electrons. The van der Waals surface area contributed by atoms with Crippen LogP contribution in [0, 0.1) is 20.8 Å². The maximum atomic E-state index is 5.86. The second kappa shape index (κ2) is 6.52. The lowest BCUT2D eigenvalue weighted by Crippen LogP contribution is -2.43. The molecule has 4 nitrogen and oxygen atoms in total. The molecular formula is C21H26N3O+. The van der Waals surface area contributed by atoms with Crippen molar-refractivity contribution in [2.45, 2.75) is 33.2 Å². The van der Waals surface area contributed by atoms with Gasteiger partial charge in [0.15, 0.2) is 6.67 Å². The Morgan fingerprint density at radius 2 is 1.84 bits per heavy atom. The summed E-state index contributed by atoms with van der Waals surface area (Å²) in [5.41, 5.74) is 10.2. The maximum Gasteiger partial charge on any atom is 0.296 e. The third kappa shape index (κ3) is 3.14. The minimum atomic E-state index is 0.370. The van der Waals surface area contributed by atoms with Crippen LogP contribution in [0.25, 0.3) is 0 Å². The molecule has 2 heterocycles. The number of anilines is 1. The summed E-state index contributed by atoms with van der Waals surface area (Å²) in [7, 11) is 0. The first kappa shape index (κ1) is 16.2. The Morgan fingerprint density at radius 1 is 1.12 bits per heavy atom. The fourth-order valence-corrected chi connectivity index (χ4v) is 4.11. The second-order valence-corrected chi connectivity index (χ2v) is 7.20. The molecular weight excluding hydrogens is 310 g/mol. The molecule has 0 saturated carbocycles. The SMILES string of the molecule is Cc1cc(C)c(N2C[N+]3=C(COC[C@@H]3Cc3ccccc3)N2)c(C)c1. The summed E-state index contributed by atoms with van der Waals surface area (Å²) < 4.78 is 8.33. The van der Waals surface area contributed by atoms with Gasteiger partial charge in [-0.25, -0.2) is 4.58 Å². The molecule has 2 aromatic carbocycles. The van der Waals surface area contributed by atoms with Crippen LogP contribution in [0.1, 0.15) is 22.3 Å². The molecule has 0 spiro atoms. The zero-order valence-electron chi connectivity index (χ0n) is 15.2. The molecule has 0 unspecified atom stereocenters. The van der Waals surface area contributed by atoms with Crippen molar-refractivity contribution in [2.24, 2.45) is 0 Å². The predicted octanol–water partition coefficient (Wildman–Crippen LogP) is 2.95. The Balaban J connectivity index is 1.57. The van der Waals surface area contributed by atoms with Gasteiger partial charge in [-0.3, -0.25) is 0 Å². The van der Waals surface area contributed by atoms with E-state index in [1.807, 2.05) is 0 Å². The first-order valence-corrected chi connectivity index (χ1v) is 8.98. The zero-order chi connectivity index (χ0) is 17.4. The first-order chi connectivity index (χ1) is 12.1. The van der Waals surface area contributed by atoms with Gasteiger partial charge >= 0.3 is 0 Å². The molecule has 2 aliphatic rings. The van der Waals surface area contributed by atoms with E-state index in [9.17, 15) is 0 Å². The zero-order valence-corrected chi connectivity index (χ0v) is 15.2. The van der Waals surface area contributed by atoms with Crippen molar-refractivity contribution in [1.29, 1.82) is 0 Å². The largest absolute Gasteiger partial charge is 0.364 e. The number of hydrogen-bond donors (Lipinski definition) is 1. The van der Waals surface area contributed by atoms with E-state index >= 15 is 0 Å². The van der Waals surface area contributed by atoms with E-state index in [2.05, 4.69) is 78.2 Å². The van der Waals surface area contributed by atoms with Gasteiger partial charge in [-0.05, 0) is 37.5 Å². The van der Waals surface area contributed by atoms with Gasteiger partial charge in [0, 0.05) is 6.42 Å². The van der Waals surface area contributed by atoms with Gasteiger partial charge in [-0.1, -0.05) is 48.0 Å². The first-order valence-electron chi connectivity index (χ1n) is 8.98. The van der Waals surface area contributed by atoms with Crippen LogP contribution >= 0.6 is 0 Å². The van der Waals surface area contributed by atoms with E-state index in [1.54, 1.807) is 0 Å². The van der Waals surface area contributed by atoms with Crippen molar-refractivity contribution >= 4 is 11.5 Å². The summed E-state index contributed by atoms with van der Waals surface area (Å²) in [5.74, 6) is 1.17. The predicted molar refractivity (Wildman–Crippen MR) is 101 cm³/mol. The van der Waals surface area contributed by atoms with Gasteiger partial charge in [-0.2, -0.15) is 10.4 Å². The molecule has 0 radical (unpaired) electrons. The molecule has 2 aliphatic heterocycles. The second-order valence-electron chi connectivity index (χ2n) is 7.20. The number of nitrogens with zero attached hydrogens (tertiary/aromatic N) is 2. The van der Waals surface area contributed by atoms with Gasteiger partial charge in [-0.15, -0.1) is 0 Å². The molecule has 4 rings (SSSR count).